The van der Waals surface area contributed by atoms with Crippen molar-refractivity contribution in [3.8, 4) is 5.75 Å². The third-order valence-corrected chi connectivity index (χ3v) is 3.44. The van der Waals surface area contributed by atoms with E-state index in [9.17, 15) is 0 Å². The van der Waals surface area contributed by atoms with Gasteiger partial charge in [-0.2, -0.15) is 0 Å². The standard InChI is InChI=1S/C18H23NO2/c1-14-7-6-8-15(13-14)18(19-2)16-9-4-5-10-17(16)21-12-11-20-3/h4-10,13,18-19H,11-12H2,1-3H3. The number of nitrogens with one attached hydrogen (secondary N) is 1. The van der Waals surface area contributed by atoms with Gasteiger partial charge in [0.25, 0.3) is 0 Å². The van der Waals surface area contributed by atoms with Gasteiger partial charge in [-0.1, -0.05) is 48.0 Å². The zero-order chi connectivity index (χ0) is 15.1. The molecule has 0 heterocycles. The highest BCUT2D eigenvalue weighted by Crippen LogP contribution is 2.30. The summed E-state index contributed by atoms with van der Waals surface area (Å²) in [5, 5.41) is 3.38. The van der Waals surface area contributed by atoms with E-state index < -0.39 is 0 Å². The molecule has 0 aliphatic rings. The molecule has 3 heteroatoms. The van der Waals surface area contributed by atoms with Crippen molar-refractivity contribution in [2.24, 2.45) is 0 Å². The van der Waals surface area contributed by atoms with Gasteiger partial charge in [0.1, 0.15) is 12.4 Å². The Morgan fingerprint density at radius 3 is 2.57 bits per heavy atom. The molecule has 2 aromatic rings. The summed E-state index contributed by atoms with van der Waals surface area (Å²) in [6, 6.07) is 16.8. The van der Waals surface area contributed by atoms with Gasteiger partial charge in [-0.05, 0) is 25.6 Å². The van der Waals surface area contributed by atoms with E-state index in [1.807, 2.05) is 25.2 Å². The predicted octanol–water partition coefficient (Wildman–Crippen LogP) is 3.33. The van der Waals surface area contributed by atoms with E-state index in [1.54, 1.807) is 7.11 Å². The average Bonchev–Trinajstić information content (AvgIpc) is 2.50. The zero-order valence-corrected chi connectivity index (χ0v) is 12.9. The van der Waals surface area contributed by atoms with Crippen molar-refractivity contribution in [3.05, 3.63) is 65.2 Å². The second kappa shape index (κ2) is 7.81. The maximum absolute atomic E-state index is 5.85. The molecule has 0 saturated heterocycles. The molecule has 0 fully saturated rings. The smallest absolute Gasteiger partial charge is 0.124 e. The Bertz CT molecular complexity index is 569. The molecule has 112 valence electrons. The Kier molecular flexibility index (Phi) is 5.78. The highest BCUT2D eigenvalue weighted by Gasteiger charge is 2.16. The van der Waals surface area contributed by atoms with Crippen LogP contribution in [0.4, 0.5) is 0 Å². The molecule has 0 spiro atoms. The monoisotopic (exact) mass is 285 g/mol. The third-order valence-electron chi connectivity index (χ3n) is 3.44. The average molecular weight is 285 g/mol. The van der Waals surface area contributed by atoms with E-state index in [2.05, 4.69) is 42.6 Å². The lowest BCUT2D eigenvalue weighted by Crippen LogP contribution is -2.19. The topological polar surface area (TPSA) is 30.5 Å². The van der Waals surface area contributed by atoms with Crippen molar-refractivity contribution in [2.45, 2.75) is 13.0 Å². The largest absolute Gasteiger partial charge is 0.491 e. The number of benzene rings is 2. The Morgan fingerprint density at radius 2 is 1.86 bits per heavy atom. The first-order valence-electron chi connectivity index (χ1n) is 7.20. The number of para-hydroxylation sites is 1. The van der Waals surface area contributed by atoms with Gasteiger partial charge in [0.15, 0.2) is 0 Å². The third kappa shape index (κ3) is 4.06. The van der Waals surface area contributed by atoms with Gasteiger partial charge in [0, 0.05) is 12.7 Å². The van der Waals surface area contributed by atoms with Crippen molar-refractivity contribution in [2.75, 3.05) is 27.4 Å². The van der Waals surface area contributed by atoms with Crippen molar-refractivity contribution in [1.82, 2.24) is 5.32 Å². The number of ether oxygens (including phenoxy) is 2. The fourth-order valence-corrected chi connectivity index (χ4v) is 2.44. The second-order valence-electron chi connectivity index (χ2n) is 5.01. The van der Waals surface area contributed by atoms with Gasteiger partial charge in [-0.25, -0.2) is 0 Å². The molecule has 0 aromatic heterocycles. The normalized spacial score (nSPS) is 12.1. The quantitative estimate of drug-likeness (QED) is 0.792. The number of rotatable bonds is 7. The minimum absolute atomic E-state index is 0.114. The van der Waals surface area contributed by atoms with E-state index in [0.29, 0.717) is 13.2 Å². The van der Waals surface area contributed by atoms with Gasteiger partial charge in [0.05, 0.1) is 12.6 Å². The Hall–Kier alpha value is -1.84. The van der Waals surface area contributed by atoms with Crippen molar-refractivity contribution in [3.63, 3.8) is 0 Å². The Labute approximate surface area is 126 Å². The first kappa shape index (κ1) is 15.5. The Balaban J connectivity index is 2.29. The van der Waals surface area contributed by atoms with Crippen LogP contribution < -0.4 is 10.1 Å². The van der Waals surface area contributed by atoms with Crippen molar-refractivity contribution >= 4 is 0 Å². The van der Waals surface area contributed by atoms with Gasteiger partial charge < -0.3 is 14.8 Å². The molecule has 2 aromatic carbocycles. The molecule has 0 radical (unpaired) electrons. The van der Waals surface area contributed by atoms with Gasteiger partial charge in [0.2, 0.25) is 0 Å². The van der Waals surface area contributed by atoms with Crippen LogP contribution in [0.2, 0.25) is 0 Å². The summed E-state index contributed by atoms with van der Waals surface area (Å²) in [4.78, 5) is 0. The Morgan fingerprint density at radius 1 is 1.05 bits per heavy atom. The molecular formula is C18H23NO2. The lowest BCUT2D eigenvalue weighted by Gasteiger charge is -2.21. The molecule has 0 aliphatic carbocycles. The van der Waals surface area contributed by atoms with Crippen LogP contribution in [0.1, 0.15) is 22.7 Å². The number of aryl methyl sites for hydroxylation is 1. The zero-order valence-electron chi connectivity index (χ0n) is 12.9. The lowest BCUT2D eigenvalue weighted by atomic mass is 9.97. The highest BCUT2D eigenvalue weighted by molar-refractivity contribution is 5.42. The molecule has 2 rings (SSSR count). The molecular weight excluding hydrogens is 262 g/mol. The van der Waals surface area contributed by atoms with E-state index >= 15 is 0 Å². The second-order valence-corrected chi connectivity index (χ2v) is 5.01. The van der Waals surface area contributed by atoms with Crippen LogP contribution in [0.3, 0.4) is 0 Å². The van der Waals surface area contributed by atoms with Crippen LogP contribution in [0, 0.1) is 6.92 Å². The molecule has 1 unspecified atom stereocenters. The van der Waals surface area contributed by atoms with Crippen LogP contribution >= 0.6 is 0 Å². The first-order chi connectivity index (χ1) is 10.3. The van der Waals surface area contributed by atoms with Crippen LogP contribution in [-0.2, 0) is 4.74 Å². The summed E-state index contributed by atoms with van der Waals surface area (Å²) in [5.74, 6) is 0.899. The summed E-state index contributed by atoms with van der Waals surface area (Å²) in [7, 11) is 3.65. The lowest BCUT2D eigenvalue weighted by molar-refractivity contribution is 0.145. The molecule has 0 bridgehead atoms. The van der Waals surface area contributed by atoms with Crippen LogP contribution in [0.15, 0.2) is 48.5 Å². The SMILES string of the molecule is CNC(c1cccc(C)c1)c1ccccc1OCCOC. The molecule has 0 aliphatic heterocycles. The number of hydrogen-bond donors (Lipinski definition) is 1. The molecule has 1 atom stereocenters. The van der Waals surface area contributed by atoms with Crippen LogP contribution in [0.5, 0.6) is 5.75 Å². The van der Waals surface area contributed by atoms with Crippen molar-refractivity contribution in [1.29, 1.82) is 0 Å². The summed E-state index contributed by atoms with van der Waals surface area (Å²) in [6.07, 6.45) is 0. The fourth-order valence-electron chi connectivity index (χ4n) is 2.44. The predicted molar refractivity (Wildman–Crippen MR) is 85.9 cm³/mol. The fraction of sp³-hybridized carbons (Fsp3) is 0.333. The molecule has 3 nitrogen and oxygen atoms in total. The van der Waals surface area contributed by atoms with Crippen molar-refractivity contribution < 1.29 is 9.47 Å². The van der Waals surface area contributed by atoms with E-state index in [4.69, 9.17) is 9.47 Å². The molecule has 1 N–H and O–H groups in total. The van der Waals surface area contributed by atoms with Crippen LogP contribution in [-0.4, -0.2) is 27.4 Å². The van der Waals surface area contributed by atoms with Crippen LogP contribution in [0.25, 0.3) is 0 Å². The maximum atomic E-state index is 5.85. The maximum Gasteiger partial charge on any atom is 0.124 e. The van der Waals surface area contributed by atoms with E-state index in [1.165, 1.54) is 11.1 Å². The molecule has 21 heavy (non-hydrogen) atoms. The number of hydrogen-bond acceptors (Lipinski definition) is 3. The number of methoxy groups -OCH3 is 1. The summed E-state index contributed by atoms with van der Waals surface area (Å²) < 4.78 is 10.9. The van der Waals surface area contributed by atoms with Gasteiger partial charge in [-0.3, -0.25) is 0 Å². The minimum Gasteiger partial charge on any atom is -0.491 e. The summed E-state index contributed by atoms with van der Waals surface area (Å²) >= 11 is 0. The minimum atomic E-state index is 0.114. The summed E-state index contributed by atoms with van der Waals surface area (Å²) in [6.45, 7) is 3.25. The molecule has 0 saturated carbocycles. The van der Waals surface area contributed by atoms with Gasteiger partial charge in [-0.15, -0.1) is 0 Å². The summed E-state index contributed by atoms with van der Waals surface area (Å²) in [5.41, 5.74) is 3.63. The highest BCUT2D eigenvalue weighted by atomic mass is 16.5. The van der Waals surface area contributed by atoms with E-state index in [-0.39, 0.29) is 6.04 Å². The first-order valence-corrected chi connectivity index (χ1v) is 7.20. The van der Waals surface area contributed by atoms with Gasteiger partial charge >= 0.3 is 0 Å². The van der Waals surface area contributed by atoms with E-state index in [0.717, 1.165) is 11.3 Å². The molecule has 0 amide bonds.